The van der Waals surface area contributed by atoms with E-state index in [0.29, 0.717) is 34.8 Å². The second-order valence-electron chi connectivity index (χ2n) is 9.56. The first-order chi connectivity index (χ1) is 17.2. The number of carbonyl (C=O) groups is 2. The van der Waals surface area contributed by atoms with Gasteiger partial charge in [-0.1, -0.05) is 37.5 Å². The summed E-state index contributed by atoms with van der Waals surface area (Å²) in [5.74, 6) is 0.402. The lowest BCUT2D eigenvalue weighted by molar-refractivity contribution is -0.120. The van der Waals surface area contributed by atoms with Gasteiger partial charge in [0, 0.05) is 19.5 Å². The molecular weight excluding hydrogens is 482 g/mol. The molecule has 0 spiro atoms. The van der Waals surface area contributed by atoms with Gasteiger partial charge in [0.2, 0.25) is 15.9 Å². The van der Waals surface area contributed by atoms with E-state index in [-0.39, 0.29) is 36.5 Å². The Morgan fingerprint density at radius 3 is 2.31 bits per heavy atom. The summed E-state index contributed by atoms with van der Waals surface area (Å²) in [5, 5.41) is 18.8. The van der Waals surface area contributed by atoms with Crippen molar-refractivity contribution < 1.29 is 28.2 Å². The third-order valence-corrected chi connectivity index (χ3v) is 8.48. The number of fused-ring (bicyclic) bond motifs is 1. The summed E-state index contributed by atoms with van der Waals surface area (Å²) in [4.78, 5) is 28.5. The van der Waals surface area contributed by atoms with E-state index in [9.17, 15) is 23.1 Å². The highest BCUT2D eigenvalue weighted by Crippen LogP contribution is 2.40. The van der Waals surface area contributed by atoms with Crippen LogP contribution < -0.4 is 14.5 Å². The first-order valence-corrected chi connectivity index (χ1v) is 13.9. The van der Waals surface area contributed by atoms with Gasteiger partial charge in [-0.15, -0.1) is 0 Å². The molecule has 1 aliphatic carbocycles. The standard InChI is InChI=1S/C26H33N3O6S/c1-18-17-28(26(32)33)24-16-21(20-7-10-22(11-8-20)36(34,35)27-13-14-30)9-12-23(24)29(18)25(31)15-19-5-3-2-4-6-19/h7-12,16,18-19,27,30H,2-6,13-15,17H2,1H3,(H,32,33)/t18-/m0/s1. The number of aliphatic hydroxyl groups is 1. The van der Waals surface area contributed by atoms with E-state index in [4.69, 9.17) is 5.11 Å². The molecule has 0 bridgehead atoms. The lowest BCUT2D eigenvalue weighted by atomic mass is 9.86. The number of nitrogens with one attached hydrogen (secondary N) is 1. The van der Waals surface area contributed by atoms with Gasteiger partial charge in [-0.05, 0) is 61.1 Å². The molecule has 1 saturated carbocycles. The fourth-order valence-corrected chi connectivity index (χ4v) is 6.21. The summed E-state index contributed by atoms with van der Waals surface area (Å²) in [6.45, 7) is 1.67. The molecular formula is C26H33N3O6S. The first-order valence-electron chi connectivity index (χ1n) is 12.4. The molecule has 2 amide bonds. The van der Waals surface area contributed by atoms with Crippen molar-refractivity contribution in [2.75, 3.05) is 29.5 Å². The number of nitrogens with zero attached hydrogens (tertiary/aromatic N) is 2. The maximum atomic E-state index is 13.4. The van der Waals surface area contributed by atoms with E-state index < -0.39 is 16.1 Å². The number of amides is 2. The number of aliphatic hydroxyl groups excluding tert-OH is 1. The zero-order chi connectivity index (χ0) is 25.9. The van der Waals surface area contributed by atoms with Crippen molar-refractivity contribution in [1.29, 1.82) is 0 Å². The highest BCUT2D eigenvalue weighted by Gasteiger charge is 2.35. The second-order valence-corrected chi connectivity index (χ2v) is 11.3. The predicted molar refractivity (Wildman–Crippen MR) is 138 cm³/mol. The van der Waals surface area contributed by atoms with Gasteiger partial charge in [-0.25, -0.2) is 17.9 Å². The van der Waals surface area contributed by atoms with E-state index in [1.54, 1.807) is 29.2 Å². The predicted octanol–water partition coefficient (Wildman–Crippen LogP) is 3.81. The Morgan fingerprint density at radius 2 is 1.67 bits per heavy atom. The zero-order valence-electron chi connectivity index (χ0n) is 20.4. The molecule has 0 radical (unpaired) electrons. The molecule has 1 fully saturated rings. The van der Waals surface area contributed by atoms with Crippen LogP contribution in [0.1, 0.15) is 45.4 Å². The van der Waals surface area contributed by atoms with Crippen LogP contribution in [0.5, 0.6) is 0 Å². The lowest BCUT2D eigenvalue weighted by Gasteiger charge is -2.41. The summed E-state index contributed by atoms with van der Waals surface area (Å²) in [7, 11) is -3.73. The summed E-state index contributed by atoms with van der Waals surface area (Å²) in [6.07, 6.45) is 5.02. The molecule has 194 valence electrons. The Balaban J connectivity index is 1.64. The third-order valence-electron chi connectivity index (χ3n) is 7.00. The quantitative estimate of drug-likeness (QED) is 0.515. The number of rotatable bonds is 7. The smallest absolute Gasteiger partial charge is 0.411 e. The van der Waals surface area contributed by atoms with Crippen molar-refractivity contribution in [3.63, 3.8) is 0 Å². The molecule has 0 unspecified atom stereocenters. The number of carboxylic acid groups (broad SMARTS) is 1. The van der Waals surface area contributed by atoms with Crippen LogP contribution in [0.3, 0.4) is 0 Å². The largest absolute Gasteiger partial charge is 0.465 e. The van der Waals surface area contributed by atoms with Crippen LogP contribution in [0.25, 0.3) is 11.1 Å². The van der Waals surface area contributed by atoms with Gasteiger partial charge < -0.3 is 15.1 Å². The Kier molecular flexibility index (Phi) is 7.97. The van der Waals surface area contributed by atoms with E-state index in [1.165, 1.54) is 23.5 Å². The highest BCUT2D eigenvalue weighted by atomic mass is 32.2. The number of hydrogen-bond acceptors (Lipinski definition) is 5. The highest BCUT2D eigenvalue weighted by molar-refractivity contribution is 7.89. The minimum Gasteiger partial charge on any atom is -0.465 e. The first kappa shape index (κ1) is 26.1. The van der Waals surface area contributed by atoms with Crippen LogP contribution in [0.15, 0.2) is 47.4 Å². The number of sulfonamides is 1. The van der Waals surface area contributed by atoms with E-state index in [2.05, 4.69) is 4.72 Å². The van der Waals surface area contributed by atoms with Crippen LogP contribution in [0.2, 0.25) is 0 Å². The van der Waals surface area contributed by atoms with Gasteiger partial charge in [0.25, 0.3) is 0 Å². The van der Waals surface area contributed by atoms with Crippen LogP contribution in [0, 0.1) is 5.92 Å². The Bertz CT molecular complexity index is 1210. The Labute approximate surface area is 211 Å². The molecule has 9 nitrogen and oxygen atoms in total. The van der Waals surface area contributed by atoms with Crippen LogP contribution >= 0.6 is 0 Å². The van der Waals surface area contributed by atoms with Crippen molar-refractivity contribution in [2.24, 2.45) is 5.92 Å². The Morgan fingerprint density at radius 1 is 1.00 bits per heavy atom. The fourth-order valence-electron chi connectivity index (χ4n) is 5.19. The van der Waals surface area contributed by atoms with Gasteiger partial charge in [0.15, 0.2) is 0 Å². The van der Waals surface area contributed by atoms with Gasteiger partial charge in [-0.3, -0.25) is 9.69 Å². The van der Waals surface area contributed by atoms with Crippen LogP contribution in [0.4, 0.5) is 16.2 Å². The van der Waals surface area contributed by atoms with Crippen molar-refractivity contribution in [3.8, 4) is 11.1 Å². The van der Waals surface area contributed by atoms with Crippen molar-refractivity contribution in [3.05, 3.63) is 42.5 Å². The van der Waals surface area contributed by atoms with Crippen LogP contribution in [-0.4, -0.2) is 56.4 Å². The molecule has 10 heteroatoms. The molecule has 2 aromatic carbocycles. The maximum absolute atomic E-state index is 13.4. The summed E-state index contributed by atoms with van der Waals surface area (Å²) < 4.78 is 26.9. The lowest BCUT2D eigenvalue weighted by Crippen LogP contribution is -2.52. The van der Waals surface area contributed by atoms with Gasteiger partial charge in [0.1, 0.15) is 0 Å². The van der Waals surface area contributed by atoms with Gasteiger partial charge in [-0.2, -0.15) is 0 Å². The number of hydrogen-bond donors (Lipinski definition) is 3. The fraction of sp³-hybridized carbons (Fsp3) is 0.462. The van der Waals surface area contributed by atoms with Crippen molar-refractivity contribution in [1.82, 2.24) is 4.72 Å². The molecule has 1 atom stereocenters. The molecule has 2 aromatic rings. The number of benzene rings is 2. The summed E-state index contributed by atoms with van der Waals surface area (Å²) in [6, 6.07) is 11.3. The van der Waals surface area contributed by atoms with Crippen LogP contribution in [-0.2, 0) is 14.8 Å². The topological polar surface area (TPSA) is 127 Å². The molecule has 4 rings (SSSR count). The normalized spacial score (nSPS) is 18.7. The Hall–Kier alpha value is -2.95. The molecule has 2 aliphatic rings. The minimum atomic E-state index is -3.73. The SMILES string of the molecule is C[C@H]1CN(C(=O)O)c2cc(-c3ccc(S(=O)(=O)NCCO)cc3)ccc2N1C(=O)CC1CCCCC1. The van der Waals surface area contributed by atoms with E-state index >= 15 is 0 Å². The maximum Gasteiger partial charge on any atom is 0.411 e. The van der Waals surface area contributed by atoms with Crippen molar-refractivity contribution in [2.45, 2.75) is 56.4 Å². The number of carbonyl (C=O) groups excluding carboxylic acids is 1. The third kappa shape index (κ3) is 5.55. The van der Waals surface area contributed by atoms with E-state index in [0.717, 1.165) is 25.7 Å². The second kappa shape index (κ2) is 11.0. The average molecular weight is 516 g/mol. The molecule has 0 saturated heterocycles. The molecule has 1 aliphatic heterocycles. The van der Waals surface area contributed by atoms with Gasteiger partial charge >= 0.3 is 6.09 Å². The minimum absolute atomic E-state index is 0.0263. The molecule has 3 N–H and O–H groups in total. The summed E-state index contributed by atoms with van der Waals surface area (Å²) in [5.41, 5.74) is 2.44. The number of anilines is 2. The molecule has 0 aromatic heterocycles. The average Bonchev–Trinajstić information content (AvgIpc) is 2.87. The molecule has 36 heavy (non-hydrogen) atoms. The van der Waals surface area contributed by atoms with Gasteiger partial charge in [0.05, 0.1) is 28.9 Å². The van der Waals surface area contributed by atoms with Crippen molar-refractivity contribution >= 4 is 33.4 Å². The summed E-state index contributed by atoms with van der Waals surface area (Å²) >= 11 is 0. The monoisotopic (exact) mass is 515 g/mol. The zero-order valence-corrected chi connectivity index (χ0v) is 21.2. The van der Waals surface area contributed by atoms with E-state index in [1.807, 2.05) is 13.0 Å². The molecule has 1 heterocycles.